The van der Waals surface area contributed by atoms with Crippen LogP contribution in [0.3, 0.4) is 0 Å². The SMILES string of the molecule is Cc1ccc2c(c1N)Cc1c(C)cccc1O2. The molecule has 0 aliphatic carbocycles. The third kappa shape index (κ3) is 1.48. The predicted octanol–water partition coefficient (Wildman–Crippen LogP) is 3.58. The number of nitrogen functional groups attached to an aromatic ring is 1. The minimum absolute atomic E-state index is 0.858. The van der Waals surface area contributed by atoms with E-state index >= 15 is 0 Å². The van der Waals surface area contributed by atoms with E-state index in [4.69, 9.17) is 10.5 Å². The minimum atomic E-state index is 0.858. The molecule has 2 aromatic carbocycles. The fraction of sp³-hybridized carbons (Fsp3) is 0.200. The summed E-state index contributed by atoms with van der Waals surface area (Å²) < 4.78 is 5.91. The van der Waals surface area contributed by atoms with Crippen molar-refractivity contribution in [1.29, 1.82) is 0 Å². The molecule has 1 aliphatic rings. The Bertz CT molecular complexity index is 602. The number of anilines is 1. The smallest absolute Gasteiger partial charge is 0.133 e. The van der Waals surface area contributed by atoms with E-state index in [0.717, 1.165) is 34.7 Å². The maximum Gasteiger partial charge on any atom is 0.133 e. The number of hydrogen-bond donors (Lipinski definition) is 1. The molecule has 3 rings (SSSR count). The molecular weight excluding hydrogens is 210 g/mol. The van der Waals surface area contributed by atoms with Crippen molar-refractivity contribution in [2.45, 2.75) is 20.3 Å². The topological polar surface area (TPSA) is 35.2 Å². The first kappa shape index (κ1) is 10.2. The quantitative estimate of drug-likeness (QED) is 0.593. The summed E-state index contributed by atoms with van der Waals surface area (Å²) in [6.45, 7) is 4.14. The Morgan fingerprint density at radius 3 is 2.53 bits per heavy atom. The Hall–Kier alpha value is -1.96. The summed E-state index contributed by atoms with van der Waals surface area (Å²) in [5.41, 5.74) is 11.7. The first-order valence-corrected chi connectivity index (χ1v) is 5.81. The van der Waals surface area contributed by atoms with Gasteiger partial charge in [-0.25, -0.2) is 0 Å². The van der Waals surface area contributed by atoms with Crippen LogP contribution in [0, 0.1) is 13.8 Å². The molecule has 86 valence electrons. The fourth-order valence-electron chi connectivity index (χ4n) is 2.33. The number of rotatable bonds is 0. The average Bonchev–Trinajstić information content (AvgIpc) is 2.33. The predicted molar refractivity (Wildman–Crippen MR) is 69.7 cm³/mol. The molecular formula is C15H15NO. The molecule has 2 nitrogen and oxygen atoms in total. The minimum Gasteiger partial charge on any atom is -0.457 e. The average molecular weight is 225 g/mol. The van der Waals surface area contributed by atoms with Crippen LogP contribution in [0.25, 0.3) is 0 Å². The number of benzene rings is 2. The second-order valence-corrected chi connectivity index (χ2v) is 4.60. The Morgan fingerprint density at radius 2 is 1.71 bits per heavy atom. The zero-order valence-electron chi connectivity index (χ0n) is 10.1. The van der Waals surface area contributed by atoms with Crippen LogP contribution in [0.4, 0.5) is 5.69 Å². The van der Waals surface area contributed by atoms with E-state index in [2.05, 4.69) is 13.0 Å². The fourth-order valence-corrected chi connectivity index (χ4v) is 2.33. The van der Waals surface area contributed by atoms with Crippen molar-refractivity contribution in [2.75, 3.05) is 5.73 Å². The lowest BCUT2D eigenvalue weighted by atomic mass is 9.94. The molecule has 2 aromatic rings. The molecule has 0 unspecified atom stereocenters. The molecule has 0 spiro atoms. The lowest BCUT2D eigenvalue weighted by Crippen LogP contribution is -2.08. The third-order valence-electron chi connectivity index (χ3n) is 3.47. The van der Waals surface area contributed by atoms with E-state index in [9.17, 15) is 0 Å². The van der Waals surface area contributed by atoms with Crippen molar-refractivity contribution in [2.24, 2.45) is 0 Å². The molecule has 0 saturated heterocycles. The maximum atomic E-state index is 6.13. The zero-order valence-corrected chi connectivity index (χ0v) is 10.1. The van der Waals surface area contributed by atoms with Gasteiger partial charge in [0.1, 0.15) is 11.5 Å². The van der Waals surface area contributed by atoms with Crippen LogP contribution in [0.5, 0.6) is 11.5 Å². The molecule has 0 bridgehead atoms. The summed E-state index contributed by atoms with van der Waals surface area (Å²) in [4.78, 5) is 0. The Labute approximate surface area is 101 Å². The van der Waals surface area contributed by atoms with E-state index in [1.54, 1.807) is 0 Å². The van der Waals surface area contributed by atoms with E-state index in [0.29, 0.717) is 0 Å². The van der Waals surface area contributed by atoms with Gasteiger partial charge in [-0.3, -0.25) is 0 Å². The summed E-state index contributed by atoms with van der Waals surface area (Å²) in [5.74, 6) is 1.85. The number of hydrogen-bond acceptors (Lipinski definition) is 2. The largest absolute Gasteiger partial charge is 0.457 e. The van der Waals surface area contributed by atoms with Crippen molar-refractivity contribution in [3.63, 3.8) is 0 Å². The van der Waals surface area contributed by atoms with Crippen LogP contribution >= 0.6 is 0 Å². The van der Waals surface area contributed by atoms with Gasteiger partial charge in [-0.1, -0.05) is 18.2 Å². The van der Waals surface area contributed by atoms with Crippen LogP contribution < -0.4 is 10.5 Å². The van der Waals surface area contributed by atoms with E-state index in [1.165, 1.54) is 11.1 Å². The molecule has 0 aromatic heterocycles. The summed E-state index contributed by atoms with van der Waals surface area (Å²) in [7, 11) is 0. The van der Waals surface area contributed by atoms with Gasteiger partial charge in [-0.05, 0) is 37.1 Å². The highest BCUT2D eigenvalue weighted by Gasteiger charge is 2.20. The van der Waals surface area contributed by atoms with Gasteiger partial charge in [0.25, 0.3) is 0 Å². The highest BCUT2D eigenvalue weighted by atomic mass is 16.5. The van der Waals surface area contributed by atoms with Gasteiger partial charge < -0.3 is 10.5 Å². The Kier molecular flexibility index (Phi) is 2.11. The van der Waals surface area contributed by atoms with Gasteiger partial charge in [0, 0.05) is 23.2 Å². The first-order chi connectivity index (χ1) is 8.16. The van der Waals surface area contributed by atoms with Gasteiger partial charge in [0.15, 0.2) is 0 Å². The monoisotopic (exact) mass is 225 g/mol. The Morgan fingerprint density at radius 1 is 0.941 bits per heavy atom. The van der Waals surface area contributed by atoms with Gasteiger partial charge in [-0.15, -0.1) is 0 Å². The lowest BCUT2D eigenvalue weighted by Gasteiger charge is -2.23. The summed E-state index contributed by atoms with van der Waals surface area (Å²) in [5, 5.41) is 0. The summed E-state index contributed by atoms with van der Waals surface area (Å²) in [6, 6.07) is 10.2. The van der Waals surface area contributed by atoms with Crippen molar-refractivity contribution >= 4 is 5.69 Å². The van der Waals surface area contributed by atoms with Crippen molar-refractivity contribution in [1.82, 2.24) is 0 Å². The molecule has 0 amide bonds. The van der Waals surface area contributed by atoms with Gasteiger partial charge in [-0.2, -0.15) is 0 Å². The van der Waals surface area contributed by atoms with Crippen molar-refractivity contribution in [3.05, 3.63) is 52.6 Å². The standard InChI is InChI=1S/C15H15NO/c1-9-4-3-5-13-11(9)8-12-14(17-13)7-6-10(2)15(12)16/h3-7H,8,16H2,1-2H3. The second-order valence-electron chi connectivity index (χ2n) is 4.60. The number of fused-ring (bicyclic) bond motifs is 2. The van der Waals surface area contributed by atoms with Crippen molar-refractivity contribution in [3.8, 4) is 11.5 Å². The molecule has 0 radical (unpaired) electrons. The lowest BCUT2D eigenvalue weighted by molar-refractivity contribution is 0.459. The van der Waals surface area contributed by atoms with Crippen LogP contribution in [-0.2, 0) is 6.42 Å². The van der Waals surface area contributed by atoms with Crippen LogP contribution in [-0.4, -0.2) is 0 Å². The van der Waals surface area contributed by atoms with Crippen LogP contribution in [0.2, 0.25) is 0 Å². The third-order valence-corrected chi connectivity index (χ3v) is 3.47. The van der Waals surface area contributed by atoms with Crippen LogP contribution in [0.15, 0.2) is 30.3 Å². The van der Waals surface area contributed by atoms with E-state index in [1.807, 2.05) is 31.2 Å². The second kappa shape index (κ2) is 3.52. The Balaban J connectivity index is 2.18. The van der Waals surface area contributed by atoms with Gasteiger partial charge in [0.2, 0.25) is 0 Å². The number of ether oxygens (including phenoxy) is 1. The molecule has 1 aliphatic heterocycles. The zero-order chi connectivity index (χ0) is 12.0. The van der Waals surface area contributed by atoms with E-state index in [-0.39, 0.29) is 0 Å². The van der Waals surface area contributed by atoms with Crippen LogP contribution in [0.1, 0.15) is 22.3 Å². The molecule has 17 heavy (non-hydrogen) atoms. The molecule has 2 heteroatoms. The first-order valence-electron chi connectivity index (χ1n) is 5.81. The highest BCUT2D eigenvalue weighted by Crippen LogP contribution is 2.41. The van der Waals surface area contributed by atoms with Gasteiger partial charge >= 0.3 is 0 Å². The van der Waals surface area contributed by atoms with Gasteiger partial charge in [0.05, 0.1) is 0 Å². The van der Waals surface area contributed by atoms with Crippen molar-refractivity contribution < 1.29 is 4.74 Å². The molecule has 0 fully saturated rings. The normalized spacial score (nSPS) is 12.6. The number of aryl methyl sites for hydroxylation is 2. The number of nitrogens with two attached hydrogens (primary N) is 1. The van der Waals surface area contributed by atoms with E-state index < -0.39 is 0 Å². The highest BCUT2D eigenvalue weighted by molar-refractivity contribution is 5.64. The molecule has 0 atom stereocenters. The summed E-state index contributed by atoms with van der Waals surface area (Å²) >= 11 is 0. The molecule has 1 heterocycles. The molecule has 0 saturated carbocycles. The maximum absolute atomic E-state index is 6.13. The molecule has 2 N–H and O–H groups in total. The summed E-state index contributed by atoms with van der Waals surface area (Å²) in [6.07, 6.45) is 0.866.